The number of alkyl halides is 3. The molecule has 9 nitrogen and oxygen atoms in total. The first-order valence-corrected chi connectivity index (χ1v) is 11.3. The second-order valence-corrected chi connectivity index (χ2v) is 9.70. The second kappa shape index (κ2) is 10.5. The first kappa shape index (κ1) is 26.3. The number of H-pyrrole nitrogens is 1. The lowest BCUT2D eigenvalue weighted by atomic mass is 9.99. The number of aryl methyl sites for hydroxylation is 1. The van der Waals surface area contributed by atoms with Crippen LogP contribution in [0.25, 0.3) is 0 Å². The number of aromatic amines is 1. The Hall–Kier alpha value is -2.32. The number of carboxylic acid groups (broad SMARTS) is 1. The molecule has 5 N–H and O–H groups in total. The van der Waals surface area contributed by atoms with E-state index in [2.05, 4.69) is 5.10 Å². The van der Waals surface area contributed by atoms with Crippen molar-refractivity contribution in [3.63, 3.8) is 0 Å². The molecule has 3 rings (SSSR count). The highest BCUT2D eigenvalue weighted by molar-refractivity contribution is 7.99. The number of nitrogens with zero attached hydrogens (tertiary/aromatic N) is 1. The summed E-state index contributed by atoms with van der Waals surface area (Å²) in [4.78, 5) is 12.2. The molecule has 1 saturated heterocycles. The van der Waals surface area contributed by atoms with Crippen molar-refractivity contribution < 1.29 is 47.9 Å². The van der Waals surface area contributed by atoms with E-state index < -0.39 is 54.4 Å². The molecule has 1 fully saturated rings. The van der Waals surface area contributed by atoms with Crippen molar-refractivity contribution in [2.24, 2.45) is 0 Å². The molecule has 0 spiro atoms. The lowest BCUT2D eigenvalue weighted by Crippen LogP contribution is -2.61. The molecule has 1 aliphatic rings. The van der Waals surface area contributed by atoms with Gasteiger partial charge in [0, 0.05) is 15.7 Å². The number of ether oxygens (including phenoxy) is 2. The summed E-state index contributed by atoms with van der Waals surface area (Å²) < 4.78 is 51.0. The van der Waals surface area contributed by atoms with Gasteiger partial charge in [-0.3, -0.25) is 5.10 Å². The van der Waals surface area contributed by atoms with Crippen LogP contribution in [-0.2, 0) is 28.5 Å². The Morgan fingerprint density at radius 1 is 1.21 bits per heavy atom. The van der Waals surface area contributed by atoms with E-state index in [1.54, 1.807) is 17.8 Å². The van der Waals surface area contributed by atoms with Gasteiger partial charge in [-0.1, -0.05) is 26.0 Å². The number of benzene rings is 1. The van der Waals surface area contributed by atoms with Crippen molar-refractivity contribution in [3.05, 3.63) is 41.1 Å². The molecule has 1 aromatic carbocycles. The molecule has 0 amide bonds. The quantitative estimate of drug-likeness (QED) is 0.339. The monoisotopic (exact) mass is 506 g/mol. The summed E-state index contributed by atoms with van der Waals surface area (Å²) >= 11 is 1.61. The van der Waals surface area contributed by atoms with Gasteiger partial charge in [-0.25, -0.2) is 4.79 Å². The number of aliphatic hydroxyl groups is 3. The molecule has 0 aliphatic carbocycles. The number of carboxylic acids is 1. The van der Waals surface area contributed by atoms with Gasteiger partial charge in [0.05, 0.1) is 0 Å². The second-order valence-electron chi connectivity index (χ2n) is 8.05. The maximum Gasteiger partial charge on any atom is 0.433 e. The predicted molar refractivity (Wildman–Crippen MR) is 113 cm³/mol. The molecule has 0 saturated carbocycles. The van der Waals surface area contributed by atoms with E-state index in [4.69, 9.17) is 14.6 Å². The van der Waals surface area contributed by atoms with Crippen LogP contribution in [0.15, 0.2) is 29.2 Å². The van der Waals surface area contributed by atoms with Gasteiger partial charge in [0.2, 0.25) is 12.2 Å². The molecule has 34 heavy (non-hydrogen) atoms. The van der Waals surface area contributed by atoms with Crippen LogP contribution in [0.2, 0.25) is 0 Å². The average Bonchev–Trinajstić information content (AvgIpc) is 3.15. The third-order valence-corrected chi connectivity index (χ3v) is 6.08. The highest BCUT2D eigenvalue weighted by Crippen LogP contribution is 2.36. The summed E-state index contributed by atoms with van der Waals surface area (Å²) in [5, 5.41) is 44.7. The maximum atomic E-state index is 13.6. The van der Waals surface area contributed by atoms with E-state index in [1.807, 2.05) is 37.1 Å². The van der Waals surface area contributed by atoms with Crippen molar-refractivity contribution in [2.75, 3.05) is 0 Å². The average molecular weight is 506 g/mol. The summed E-state index contributed by atoms with van der Waals surface area (Å²) in [7, 11) is 0. The summed E-state index contributed by atoms with van der Waals surface area (Å²) in [6, 6.07) is 7.37. The van der Waals surface area contributed by atoms with Crippen LogP contribution in [-0.4, -0.2) is 72.5 Å². The van der Waals surface area contributed by atoms with E-state index in [0.717, 1.165) is 10.5 Å². The van der Waals surface area contributed by atoms with E-state index in [-0.39, 0.29) is 18.4 Å². The minimum atomic E-state index is -4.79. The van der Waals surface area contributed by atoms with Gasteiger partial charge in [0.15, 0.2) is 6.10 Å². The molecule has 5 atom stereocenters. The number of rotatable bonds is 8. The zero-order valence-electron chi connectivity index (χ0n) is 18.2. The van der Waals surface area contributed by atoms with Crippen LogP contribution < -0.4 is 4.74 Å². The van der Waals surface area contributed by atoms with Crippen LogP contribution >= 0.6 is 11.8 Å². The highest BCUT2D eigenvalue weighted by atomic mass is 32.2. The van der Waals surface area contributed by atoms with Crippen molar-refractivity contribution in [3.8, 4) is 5.88 Å². The van der Waals surface area contributed by atoms with Gasteiger partial charge in [0.25, 0.3) is 0 Å². The Morgan fingerprint density at radius 3 is 2.53 bits per heavy atom. The number of aliphatic hydroxyl groups excluding tert-OH is 3. The Morgan fingerprint density at radius 2 is 1.91 bits per heavy atom. The molecule has 2 aromatic rings. The fraction of sp³-hybridized carbons (Fsp3) is 0.524. The Balaban J connectivity index is 1.84. The molecule has 2 heterocycles. The zero-order valence-corrected chi connectivity index (χ0v) is 19.0. The van der Waals surface area contributed by atoms with E-state index in [0.29, 0.717) is 5.25 Å². The van der Waals surface area contributed by atoms with Gasteiger partial charge in [-0.15, -0.1) is 16.9 Å². The van der Waals surface area contributed by atoms with E-state index in [1.165, 1.54) is 0 Å². The normalized spacial score (nSPS) is 25.5. The van der Waals surface area contributed by atoms with Crippen LogP contribution in [0, 0.1) is 0 Å². The summed E-state index contributed by atoms with van der Waals surface area (Å²) in [6.45, 7) is 4.04. The number of carbonyl (C=O) groups is 1. The third kappa shape index (κ3) is 6.02. The first-order valence-electron chi connectivity index (χ1n) is 10.4. The van der Waals surface area contributed by atoms with Crippen LogP contribution in [0.4, 0.5) is 13.2 Å². The zero-order chi connectivity index (χ0) is 25.2. The van der Waals surface area contributed by atoms with Gasteiger partial charge < -0.3 is 29.9 Å². The lowest BCUT2D eigenvalue weighted by Gasteiger charge is -2.38. The molecule has 13 heteroatoms. The number of thioether (sulfide) groups is 1. The van der Waals surface area contributed by atoms with Gasteiger partial charge >= 0.3 is 12.1 Å². The molecular weight excluding hydrogens is 481 g/mol. The summed E-state index contributed by atoms with van der Waals surface area (Å²) in [5.41, 5.74) is -0.724. The topological polar surface area (TPSA) is 145 Å². The van der Waals surface area contributed by atoms with Crippen molar-refractivity contribution in [1.29, 1.82) is 0 Å². The first-order chi connectivity index (χ1) is 15.9. The fourth-order valence-electron chi connectivity index (χ4n) is 3.49. The SMILES string of the molecule is CC(C)Sc1cccc(CCc2c(O[C@@H]3O[C@H](C(=O)O)[C@@H](O)[C@H](O)[C@H]3O)n[nH]c2C(F)(F)F)c1. The maximum absolute atomic E-state index is 13.6. The van der Waals surface area contributed by atoms with Gasteiger partial charge in [-0.05, 0) is 30.5 Å². The predicted octanol–water partition coefficient (Wildman–Crippen LogP) is 1.99. The number of nitrogens with one attached hydrogen (secondary N) is 1. The minimum Gasteiger partial charge on any atom is -0.479 e. The molecule has 0 radical (unpaired) electrons. The molecule has 188 valence electrons. The largest absolute Gasteiger partial charge is 0.479 e. The molecule has 0 unspecified atom stereocenters. The fourth-order valence-corrected chi connectivity index (χ4v) is 4.41. The number of halogens is 3. The Labute approximate surface area is 196 Å². The number of hydrogen-bond acceptors (Lipinski definition) is 8. The van der Waals surface area contributed by atoms with Crippen LogP contribution in [0.1, 0.15) is 30.7 Å². The summed E-state index contributed by atoms with van der Waals surface area (Å²) in [6.07, 6.45) is -14.4. The van der Waals surface area contributed by atoms with Crippen molar-refractivity contribution in [2.45, 2.75) is 73.7 Å². The Kier molecular flexibility index (Phi) is 8.14. The molecule has 0 bridgehead atoms. The van der Waals surface area contributed by atoms with E-state index in [9.17, 15) is 33.3 Å². The smallest absolute Gasteiger partial charge is 0.433 e. The molecule has 1 aliphatic heterocycles. The van der Waals surface area contributed by atoms with Crippen molar-refractivity contribution >= 4 is 17.7 Å². The van der Waals surface area contributed by atoms with Gasteiger partial charge in [0.1, 0.15) is 24.0 Å². The minimum absolute atomic E-state index is 0.146. The van der Waals surface area contributed by atoms with Crippen LogP contribution in [0.5, 0.6) is 5.88 Å². The van der Waals surface area contributed by atoms with Gasteiger partial charge in [-0.2, -0.15) is 13.2 Å². The van der Waals surface area contributed by atoms with E-state index >= 15 is 0 Å². The number of hydrogen-bond donors (Lipinski definition) is 5. The standard InChI is InChI=1S/C21H25F3N2O7S/c1-9(2)34-11-5-3-4-10(8-11)6-7-12-17(21(22,23)24)25-26-18(12)33-20-15(29)13(27)14(28)16(32-20)19(30)31/h3-5,8-9,13-16,20,27-29H,6-7H2,1-2H3,(H,25,26)(H,30,31)/t13-,14-,15+,16-,20-/m0/s1. The highest BCUT2D eigenvalue weighted by Gasteiger charge is 2.49. The summed E-state index contributed by atoms with van der Waals surface area (Å²) in [5.74, 6) is -2.21. The third-order valence-electron chi connectivity index (χ3n) is 5.09. The number of aromatic nitrogens is 2. The molecular formula is C21H25F3N2O7S. The lowest BCUT2D eigenvalue weighted by molar-refractivity contribution is -0.271. The van der Waals surface area contributed by atoms with Crippen molar-refractivity contribution in [1.82, 2.24) is 10.2 Å². The van der Waals surface area contributed by atoms with Crippen LogP contribution in [0.3, 0.4) is 0 Å². The Bertz CT molecular complexity index is 1000. The number of aliphatic carboxylic acids is 1. The molecule has 1 aromatic heterocycles.